The van der Waals surface area contributed by atoms with Crippen molar-refractivity contribution in [3.63, 3.8) is 0 Å². The van der Waals surface area contributed by atoms with Gasteiger partial charge in [-0.15, -0.1) is 0 Å². The highest BCUT2D eigenvalue weighted by molar-refractivity contribution is 6.38. The third-order valence-electron chi connectivity index (χ3n) is 15.2. The third-order valence-corrected chi connectivity index (χ3v) is 15.2. The quantitative estimate of drug-likeness (QED) is 0.142. The summed E-state index contributed by atoms with van der Waals surface area (Å²) in [7, 11) is 0. The Balaban J connectivity index is 1.23. The fourth-order valence-corrected chi connectivity index (χ4v) is 11.3. The molecule has 0 aromatic heterocycles. The zero-order chi connectivity index (χ0) is 36.2. The van der Waals surface area contributed by atoms with E-state index in [2.05, 4.69) is 13.8 Å². The maximum absolute atomic E-state index is 14.9. The van der Waals surface area contributed by atoms with Crippen molar-refractivity contribution in [2.24, 2.45) is 57.2 Å². The molecule has 278 valence electrons. The Morgan fingerprint density at radius 2 is 1.46 bits per heavy atom. The molecule has 7 heteroatoms. The first kappa shape index (κ1) is 37.6. The van der Waals surface area contributed by atoms with Crippen molar-refractivity contribution >= 4 is 34.8 Å². The Morgan fingerprint density at radius 3 is 1.98 bits per heavy atom. The number of rotatable bonds is 17. The second kappa shape index (κ2) is 14.0. The SMILES string of the molecule is CCC[C@H](CC(=O)[C@@H]1C[C@@]2(CN1C(=O)[C@@H](CC(=O)C[C@H](C(=O)C1CC1)C1CCCCC1)C(C)(C)C)C(C)(C)C21CCC1)C(=O)C(=O)CC1CC1. The van der Waals surface area contributed by atoms with Gasteiger partial charge in [-0.1, -0.05) is 73.6 Å². The molecule has 0 bridgehead atoms. The predicted molar refractivity (Wildman–Crippen MR) is 193 cm³/mol. The summed E-state index contributed by atoms with van der Waals surface area (Å²) in [5.74, 6) is -1.56. The van der Waals surface area contributed by atoms with Gasteiger partial charge in [-0.3, -0.25) is 28.8 Å². The van der Waals surface area contributed by atoms with E-state index in [0.717, 1.165) is 70.6 Å². The Labute approximate surface area is 301 Å². The summed E-state index contributed by atoms with van der Waals surface area (Å²) in [5.41, 5.74) is -0.570. The van der Waals surface area contributed by atoms with E-state index in [1.807, 2.05) is 32.6 Å². The maximum atomic E-state index is 14.9. The predicted octanol–water partition coefficient (Wildman–Crippen LogP) is 8.28. The molecule has 0 aromatic carbocycles. The van der Waals surface area contributed by atoms with E-state index in [4.69, 9.17) is 0 Å². The van der Waals surface area contributed by atoms with Crippen LogP contribution < -0.4 is 0 Å². The van der Waals surface area contributed by atoms with Crippen LogP contribution in [-0.2, 0) is 28.8 Å². The molecule has 6 rings (SSSR count). The lowest BCUT2D eigenvalue weighted by Crippen LogP contribution is -2.48. The first-order valence-electron chi connectivity index (χ1n) is 20.5. The van der Waals surface area contributed by atoms with E-state index in [9.17, 15) is 28.8 Å². The molecule has 5 atom stereocenters. The molecule has 0 radical (unpaired) electrons. The number of carbonyl (C=O) groups is 6. The van der Waals surface area contributed by atoms with Crippen molar-refractivity contribution in [3.05, 3.63) is 0 Å². The fraction of sp³-hybridized carbons (Fsp3) is 0.860. The highest BCUT2D eigenvalue weighted by Gasteiger charge is 2.85. The van der Waals surface area contributed by atoms with Gasteiger partial charge in [0.15, 0.2) is 11.6 Å². The number of nitrogens with zero attached hydrogens (tertiary/aromatic N) is 1. The summed E-state index contributed by atoms with van der Waals surface area (Å²) in [6, 6.07) is -0.654. The van der Waals surface area contributed by atoms with Gasteiger partial charge >= 0.3 is 0 Å². The molecule has 5 aliphatic carbocycles. The maximum Gasteiger partial charge on any atom is 0.227 e. The summed E-state index contributed by atoms with van der Waals surface area (Å²) < 4.78 is 0. The Kier molecular flexibility index (Phi) is 10.5. The lowest BCUT2D eigenvalue weighted by Gasteiger charge is -2.36. The van der Waals surface area contributed by atoms with E-state index < -0.39 is 29.1 Å². The van der Waals surface area contributed by atoms with Gasteiger partial charge in [-0.2, -0.15) is 0 Å². The van der Waals surface area contributed by atoms with Gasteiger partial charge in [0.2, 0.25) is 11.7 Å². The van der Waals surface area contributed by atoms with Crippen molar-refractivity contribution in [2.45, 2.75) is 170 Å². The molecule has 6 aliphatic rings. The molecular weight excluding hydrogens is 626 g/mol. The standard InChI is InChI=1S/C43H65NO6/c1-7-12-30(38(49)36(47)21-27-15-16-27)22-35(46)34-25-43(41(5,6)42(43)19-11-20-42)26-44(34)39(50)33(40(2,3)4)24-31(45)23-32(37(48)29-17-18-29)28-13-9-8-10-14-28/h27-30,32-34H,7-26H2,1-6H3/t30-,32+,33-,34+,43-/m1/s1. The van der Waals surface area contributed by atoms with Crippen molar-refractivity contribution in [1.29, 1.82) is 0 Å². The van der Waals surface area contributed by atoms with Gasteiger partial charge < -0.3 is 4.90 Å². The number of amides is 1. The molecule has 50 heavy (non-hydrogen) atoms. The molecular formula is C43H65NO6. The molecule has 0 aromatic rings. The minimum absolute atomic E-state index is 0.00584. The van der Waals surface area contributed by atoms with E-state index >= 15 is 0 Å². The van der Waals surface area contributed by atoms with Crippen LogP contribution in [0, 0.1) is 57.2 Å². The number of ketones is 5. The van der Waals surface area contributed by atoms with Crippen LogP contribution in [-0.4, -0.2) is 52.3 Å². The van der Waals surface area contributed by atoms with E-state index in [1.54, 1.807) is 0 Å². The number of carbonyl (C=O) groups excluding carboxylic acids is 6. The molecule has 2 spiro atoms. The van der Waals surface area contributed by atoms with Gasteiger partial charge in [0, 0.05) is 61.3 Å². The average molecular weight is 692 g/mol. The van der Waals surface area contributed by atoms with Crippen LogP contribution in [0.1, 0.15) is 164 Å². The van der Waals surface area contributed by atoms with E-state index in [0.29, 0.717) is 31.7 Å². The number of hydrogen-bond acceptors (Lipinski definition) is 6. The molecule has 1 heterocycles. The number of Topliss-reactive ketones (excluding diaryl/α,β-unsaturated/α-hetero) is 5. The van der Waals surface area contributed by atoms with Crippen molar-refractivity contribution in [1.82, 2.24) is 4.90 Å². The molecule has 1 saturated heterocycles. The molecule has 6 fully saturated rings. The second-order valence-corrected chi connectivity index (χ2v) is 19.5. The molecule has 1 amide bonds. The highest BCUT2D eigenvalue weighted by atomic mass is 16.2. The minimum atomic E-state index is -0.654. The second-order valence-electron chi connectivity index (χ2n) is 19.5. The minimum Gasteiger partial charge on any atom is -0.332 e. The molecule has 5 saturated carbocycles. The van der Waals surface area contributed by atoms with Crippen LogP contribution >= 0.6 is 0 Å². The normalized spacial score (nSPS) is 28.9. The average Bonchev–Trinajstić information content (AvgIpc) is 3.99. The van der Waals surface area contributed by atoms with Gasteiger partial charge in [0.05, 0.1) is 6.04 Å². The van der Waals surface area contributed by atoms with Gasteiger partial charge in [-0.05, 0) is 92.3 Å². The van der Waals surface area contributed by atoms with E-state index in [1.165, 1.54) is 6.42 Å². The Morgan fingerprint density at radius 1 is 0.800 bits per heavy atom. The molecule has 7 nitrogen and oxygen atoms in total. The van der Waals surface area contributed by atoms with Crippen LogP contribution in [0.5, 0.6) is 0 Å². The topological polar surface area (TPSA) is 106 Å². The third kappa shape index (κ3) is 6.86. The number of fused-ring (bicyclic) bond motifs is 1. The zero-order valence-corrected chi connectivity index (χ0v) is 32.1. The summed E-state index contributed by atoms with van der Waals surface area (Å²) in [4.78, 5) is 85.0. The van der Waals surface area contributed by atoms with Crippen LogP contribution in [0.4, 0.5) is 0 Å². The zero-order valence-electron chi connectivity index (χ0n) is 32.1. The Bertz CT molecular complexity index is 1370. The van der Waals surface area contributed by atoms with Crippen molar-refractivity contribution in [2.75, 3.05) is 6.54 Å². The van der Waals surface area contributed by atoms with Crippen molar-refractivity contribution < 1.29 is 28.8 Å². The smallest absolute Gasteiger partial charge is 0.227 e. The van der Waals surface area contributed by atoms with E-state index in [-0.39, 0.29) is 88.7 Å². The summed E-state index contributed by atoms with van der Waals surface area (Å²) in [6.07, 6.45) is 15.0. The van der Waals surface area contributed by atoms with Crippen LogP contribution in [0.3, 0.4) is 0 Å². The molecule has 0 unspecified atom stereocenters. The lowest BCUT2D eigenvalue weighted by molar-refractivity contribution is -0.147. The van der Waals surface area contributed by atoms with Gasteiger partial charge in [0.25, 0.3) is 0 Å². The monoisotopic (exact) mass is 691 g/mol. The lowest BCUT2D eigenvalue weighted by atomic mass is 9.72. The summed E-state index contributed by atoms with van der Waals surface area (Å²) in [6.45, 7) is 13.1. The Hall–Kier alpha value is -2.18. The molecule has 1 aliphatic heterocycles. The van der Waals surface area contributed by atoms with Crippen LogP contribution in [0.25, 0.3) is 0 Å². The van der Waals surface area contributed by atoms with Gasteiger partial charge in [0.1, 0.15) is 11.6 Å². The highest BCUT2D eigenvalue weighted by Crippen LogP contribution is 2.88. The van der Waals surface area contributed by atoms with Crippen LogP contribution in [0.2, 0.25) is 0 Å². The largest absolute Gasteiger partial charge is 0.332 e. The van der Waals surface area contributed by atoms with Gasteiger partial charge in [-0.25, -0.2) is 0 Å². The van der Waals surface area contributed by atoms with Crippen LogP contribution in [0.15, 0.2) is 0 Å². The number of hydrogen-bond donors (Lipinski definition) is 0. The molecule has 0 N–H and O–H groups in total. The first-order valence-corrected chi connectivity index (χ1v) is 20.5. The number of likely N-dealkylation sites (tertiary alicyclic amines) is 1. The van der Waals surface area contributed by atoms with Crippen molar-refractivity contribution in [3.8, 4) is 0 Å². The summed E-state index contributed by atoms with van der Waals surface area (Å²) >= 11 is 0. The first-order chi connectivity index (χ1) is 23.6. The fourth-order valence-electron chi connectivity index (χ4n) is 11.3. The summed E-state index contributed by atoms with van der Waals surface area (Å²) in [5, 5.41) is 0.